The van der Waals surface area contributed by atoms with Crippen LogP contribution < -0.4 is 0 Å². The molecule has 0 aromatic rings. The molecule has 2 atom stereocenters. The number of nitrogens with zero attached hydrogens (tertiary/aromatic N) is 1. The SMILES string of the molecule is CC/C=C\C/C=C\C/C=C\C/C=C\CCCCCCC(=O)OC[C@H](COP(=O)(O)OCC[N+](C)(C)C)OC(=O)CCCCC/C=C\C/C=C\C/C=C\C/C=C\CCCCC. The minimum Gasteiger partial charge on any atom is -0.462 e. The van der Waals surface area contributed by atoms with Gasteiger partial charge in [0.25, 0.3) is 0 Å². The van der Waals surface area contributed by atoms with Crippen molar-refractivity contribution in [2.45, 2.75) is 161 Å². The standard InChI is InChI=1S/C50H84NO8P/c1-6-8-10-12-14-16-18-20-22-24-25-27-29-31-33-35-37-39-41-43-50(53)59-48(47-58-60(54,55)57-45-44-51(3,4)5)46-56-49(52)42-40-38-36-34-32-30-28-26-23-21-19-17-15-13-11-9-7-2/h9,11,14-17,20-23,25,27-28,30-31,33,48H,6-8,10,12-13,18-19,24,26,29,32,34-47H2,1-5H3/p+1/b11-9-,16-14-,17-15-,22-20-,23-21-,27-25-,30-28-,33-31-/t48-/m1/s1. The molecule has 0 saturated heterocycles. The molecule has 60 heavy (non-hydrogen) atoms. The van der Waals surface area contributed by atoms with Gasteiger partial charge in [0.15, 0.2) is 6.10 Å². The lowest BCUT2D eigenvalue weighted by atomic mass is 10.1. The van der Waals surface area contributed by atoms with E-state index in [2.05, 4.69) is 111 Å². The highest BCUT2D eigenvalue weighted by molar-refractivity contribution is 7.47. The molecule has 9 nitrogen and oxygen atoms in total. The van der Waals surface area contributed by atoms with Crippen LogP contribution >= 0.6 is 7.82 Å². The van der Waals surface area contributed by atoms with E-state index in [4.69, 9.17) is 18.5 Å². The molecule has 10 heteroatoms. The quantitative estimate of drug-likeness (QED) is 0.0213. The van der Waals surface area contributed by atoms with E-state index in [1.165, 1.54) is 25.7 Å². The number of hydrogen-bond donors (Lipinski definition) is 1. The fourth-order valence-electron chi connectivity index (χ4n) is 5.52. The highest BCUT2D eigenvalue weighted by Gasteiger charge is 2.27. The van der Waals surface area contributed by atoms with Gasteiger partial charge < -0.3 is 18.9 Å². The van der Waals surface area contributed by atoms with Crippen LogP contribution in [0.2, 0.25) is 0 Å². The van der Waals surface area contributed by atoms with Crippen LogP contribution in [0.3, 0.4) is 0 Å². The van der Waals surface area contributed by atoms with Gasteiger partial charge in [-0.2, -0.15) is 0 Å². The topological polar surface area (TPSA) is 108 Å². The molecule has 0 fully saturated rings. The summed E-state index contributed by atoms with van der Waals surface area (Å²) in [6.07, 6.45) is 54.5. The Hall–Kier alpha value is -3.07. The van der Waals surface area contributed by atoms with E-state index in [-0.39, 0.29) is 26.1 Å². The second kappa shape index (κ2) is 41.3. The Morgan fingerprint density at radius 1 is 0.533 bits per heavy atom. The number of quaternary nitrogens is 1. The highest BCUT2D eigenvalue weighted by atomic mass is 31.2. The van der Waals surface area contributed by atoms with E-state index in [9.17, 15) is 19.0 Å². The third kappa shape index (κ3) is 44.5. The van der Waals surface area contributed by atoms with E-state index >= 15 is 0 Å². The van der Waals surface area contributed by atoms with Crippen LogP contribution in [0.25, 0.3) is 0 Å². The minimum atomic E-state index is -4.40. The predicted octanol–water partition coefficient (Wildman–Crippen LogP) is 13.4. The van der Waals surface area contributed by atoms with Crippen molar-refractivity contribution < 1.29 is 42.1 Å². The monoisotopic (exact) mass is 859 g/mol. The molecule has 0 bridgehead atoms. The van der Waals surface area contributed by atoms with Crippen molar-refractivity contribution in [1.82, 2.24) is 0 Å². The minimum absolute atomic E-state index is 0.0151. The van der Waals surface area contributed by atoms with Gasteiger partial charge in [0, 0.05) is 12.8 Å². The lowest BCUT2D eigenvalue weighted by Gasteiger charge is -2.24. The van der Waals surface area contributed by atoms with E-state index in [1.54, 1.807) is 0 Å². The van der Waals surface area contributed by atoms with Crippen LogP contribution in [0.1, 0.15) is 155 Å². The summed E-state index contributed by atoms with van der Waals surface area (Å²) < 4.78 is 34.3. The Bertz CT molecular complexity index is 1340. The number of rotatable bonds is 40. The smallest absolute Gasteiger partial charge is 0.462 e. The van der Waals surface area contributed by atoms with E-state index < -0.39 is 32.5 Å². The first-order valence-electron chi connectivity index (χ1n) is 23.0. The number of esters is 2. The summed E-state index contributed by atoms with van der Waals surface area (Å²) in [5, 5.41) is 0. The van der Waals surface area contributed by atoms with Gasteiger partial charge in [-0.3, -0.25) is 18.6 Å². The summed E-state index contributed by atoms with van der Waals surface area (Å²) in [6, 6.07) is 0. The van der Waals surface area contributed by atoms with E-state index in [1.807, 2.05) is 21.1 Å². The molecule has 0 rings (SSSR count). The number of phosphoric ester groups is 1. The van der Waals surface area contributed by atoms with Crippen LogP contribution in [-0.2, 0) is 32.7 Å². The van der Waals surface area contributed by atoms with Gasteiger partial charge in [-0.05, 0) is 96.3 Å². The highest BCUT2D eigenvalue weighted by Crippen LogP contribution is 2.43. The molecule has 0 radical (unpaired) electrons. The Kier molecular flexibility index (Phi) is 39.2. The summed E-state index contributed by atoms with van der Waals surface area (Å²) in [6.45, 7) is 4.19. The Morgan fingerprint density at radius 3 is 1.42 bits per heavy atom. The maximum atomic E-state index is 12.7. The van der Waals surface area contributed by atoms with E-state index in [0.29, 0.717) is 23.9 Å². The van der Waals surface area contributed by atoms with E-state index in [0.717, 1.165) is 89.9 Å². The first-order chi connectivity index (χ1) is 29.0. The van der Waals surface area contributed by atoms with Crippen LogP contribution in [0.5, 0.6) is 0 Å². The van der Waals surface area contributed by atoms with Crippen LogP contribution in [-0.4, -0.2) is 74.9 Å². The van der Waals surface area contributed by atoms with Crippen molar-refractivity contribution in [3.05, 3.63) is 97.2 Å². The van der Waals surface area contributed by atoms with Gasteiger partial charge in [-0.15, -0.1) is 0 Å². The Labute approximate surface area is 366 Å². The molecular weight excluding hydrogens is 774 g/mol. The molecule has 0 aromatic heterocycles. The van der Waals surface area contributed by atoms with Gasteiger partial charge in [-0.25, -0.2) is 4.57 Å². The van der Waals surface area contributed by atoms with Crippen molar-refractivity contribution in [1.29, 1.82) is 0 Å². The number of hydrogen-bond acceptors (Lipinski definition) is 7. The molecule has 1 N–H and O–H groups in total. The van der Waals surface area contributed by atoms with Gasteiger partial charge in [0.1, 0.15) is 19.8 Å². The number of allylic oxidation sites excluding steroid dienone is 16. The fourth-order valence-corrected chi connectivity index (χ4v) is 6.26. The van der Waals surface area contributed by atoms with Crippen LogP contribution in [0, 0.1) is 0 Å². The molecule has 0 spiro atoms. The molecule has 0 aromatic carbocycles. The second-order valence-electron chi connectivity index (χ2n) is 16.0. The number of phosphoric acid groups is 1. The van der Waals surface area contributed by atoms with Crippen LogP contribution in [0.15, 0.2) is 97.2 Å². The molecule has 0 heterocycles. The number of carbonyl (C=O) groups is 2. The number of ether oxygens (including phenoxy) is 2. The number of carbonyl (C=O) groups excluding carboxylic acids is 2. The second-order valence-corrected chi connectivity index (χ2v) is 17.5. The average molecular weight is 859 g/mol. The molecule has 0 aliphatic heterocycles. The van der Waals surface area contributed by atoms with Crippen LogP contribution in [0.4, 0.5) is 0 Å². The third-order valence-corrected chi connectivity index (χ3v) is 10.1. The maximum absolute atomic E-state index is 12.7. The first kappa shape index (κ1) is 56.9. The summed E-state index contributed by atoms with van der Waals surface area (Å²) >= 11 is 0. The third-order valence-electron chi connectivity index (χ3n) is 9.10. The largest absolute Gasteiger partial charge is 0.472 e. The predicted molar refractivity (Wildman–Crippen MR) is 252 cm³/mol. The lowest BCUT2D eigenvalue weighted by molar-refractivity contribution is -0.870. The van der Waals surface area contributed by atoms with Gasteiger partial charge in [0.2, 0.25) is 0 Å². The maximum Gasteiger partial charge on any atom is 0.472 e. The number of likely N-dealkylation sites (N-methyl/N-ethyl adjacent to an activating group) is 1. The Balaban J connectivity index is 4.47. The summed E-state index contributed by atoms with van der Waals surface area (Å²) in [7, 11) is 1.42. The van der Waals surface area contributed by atoms with Gasteiger partial charge in [0.05, 0.1) is 27.7 Å². The molecule has 0 amide bonds. The Morgan fingerprint density at radius 2 is 0.950 bits per heavy atom. The molecule has 342 valence electrons. The van der Waals surface area contributed by atoms with Crippen molar-refractivity contribution in [2.75, 3.05) is 47.5 Å². The fraction of sp³-hybridized carbons (Fsp3) is 0.640. The molecule has 1 unspecified atom stereocenters. The average Bonchev–Trinajstić information content (AvgIpc) is 3.20. The molecule has 0 aliphatic rings. The first-order valence-corrected chi connectivity index (χ1v) is 24.5. The zero-order valence-electron chi connectivity index (χ0n) is 38.4. The van der Waals surface area contributed by atoms with Crippen molar-refractivity contribution in [2.24, 2.45) is 0 Å². The van der Waals surface area contributed by atoms with Crippen molar-refractivity contribution in [3.8, 4) is 0 Å². The van der Waals surface area contributed by atoms with Gasteiger partial charge in [-0.1, -0.05) is 143 Å². The zero-order chi connectivity index (χ0) is 44.3. The number of unbranched alkanes of at least 4 members (excludes halogenated alkanes) is 10. The molecule has 0 saturated carbocycles. The lowest BCUT2D eigenvalue weighted by Crippen LogP contribution is -2.37. The van der Waals surface area contributed by atoms with Crippen molar-refractivity contribution >= 4 is 19.8 Å². The summed E-state index contributed by atoms with van der Waals surface area (Å²) in [5.74, 6) is -0.873. The zero-order valence-corrected chi connectivity index (χ0v) is 39.3. The van der Waals surface area contributed by atoms with Gasteiger partial charge >= 0.3 is 19.8 Å². The summed E-state index contributed by atoms with van der Waals surface area (Å²) in [4.78, 5) is 35.4. The normalized spacial score (nSPS) is 14.4. The summed E-state index contributed by atoms with van der Waals surface area (Å²) in [5.41, 5.74) is 0. The molecule has 0 aliphatic carbocycles. The molecular formula is C50H85NO8P+. The van der Waals surface area contributed by atoms with Crippen molar-refractivity contribution in [3.63, 3.8) is 0 Å².